The Morgan fingerprint density at radius 2 is 1.11 bits per heavy atom. The number of methoxy groups -OCH3 is 2. The van der Waals surface area contributed by atoms with E-state index in [1.807, 2.05) is 13.8 Å². The molecular formula is C10H24Cl2N2O4. The summed E-state index contributed by atoms with van der Waals surface area (Å²) >= 11 is 0. The molecule has 2 unspecified atom stereocenters. The lowest BCUT2D eigenvalue weighted by Gasteiger charge is -2.03. The van der Waals surface area contributed by atoms with Crippen LogP contribution < -0.4 is 11.5 Å². The number of carbonyl (C=O) groups excluding carboxylic acids is 2. The van der Waals surface area contributed by atoms with Gasteiger partial charge in [-0.3, -0.25) is 9.59 Å². The van der Waals surface area contributed by atoms with Gasteiger partial charge in [-0.05, 0) is 12.8 Å². The average molecular weight is 307 g/mol. The molecule has 0 rings (SSSR count). The van der Waals surface area contributed by atoms with Gasteiger partial charge in [-0.25, -0.2) is 0 Å². The van der Waals surface area contributed by atoms with Gasteiger partial charge in [0.1, 0.15) is 12.1 Å². The van der Waals surface area contributed by atoms with Gasteiger partial charge in [0.15, 0.2) is 0 Å². The molecule has 0 amide bonds. The van der Waals surface area contributed by atoms with Crippen LogP contribution in [0.25, 0.3) is 0 Å². The molecule has 0 aliphatic rings. The Morgan fingerprint density at radius 3 is 1.17 bits per heavy atom. The van der Waals surface area contributed by atoms with Crippen LogP contribution in [0.5, 0.6) is 0 Å². The van der Waals surface area contributed by atoms with Crippen LogP contribution in [0, 0.1) is 0 Å². The van der Waals surface area contributed by atoms with Gasteiger partial charge >= 0.3 is 11.9 Å². The van der Waals surface area contributed by atoms with E-state index in [0.29, 0.717) is 12.8 Å². The lowest BCUT2D eigenvalue weighted by Crippen LogP contribution is -2.30. The van der Waals surface area contributed by atoms with E-state index in [4.69, 9.17) is 11.5 Å². The maximum absolute atomic E-state index is 10.4. The molecule has 0 aliphatic carbocycles. The Morgan fingerprint density at radius 1 is 0.889 bits per heavy atom. The van der Waals surface area contributed by atoms with Gasteiger partial charge in [-0.1, -0.05) is 13.8 Å². The summed E-state index contributed by atoms with van der Waals surface area (Å²) in [4.78, 5) is 20.8. The fraction of sp³-hybridized carbons (Fsp3) is 0.800. The van der Waals surface area contributed by atoms with Gasteiger partial charge in [0.2, 0.25) is 0 Å². The number of carbonyl (C=O) groups is 2. The molecule has 0 spiro atoms. The summed E-state index contributed by atoms with van der Waals surface area (Å²) < 4.78 is 8.68. The van der Waals surface area contributed by atoms with Crippen molar-refractivity contribution < 1.29 is 19.1 Å². The van der Waals surface area contributed by atoms with Crippen LogP contribution in [0.4, 0.5) is 0 Å². The first-order chi connectivity index (χ1) is 7.44. The van der Waals surface area contributed by atoms with Crippen molar-refractivity contribution in [2.75, 3.05) is 14.2 Å². The monoisotopic (exact) mass is 306 g/mol. The first kappa shape index (κ1) is 26.1. The summed E-state index contributed by atoms with van der Waals surface area (Å²) in [5.74, 6) is -0.681. The number of esters is 2. The molecule has 0 fully saturated rings. The summed E-state index contributed by atoms with van der Waals surface area (Å²) in [5.41, 5.74) is 10.5. The van der Waals surface area contributed by atoms with Crippen LogP contribution in [0.15, 0.2) is 0 Å². The smallest absolute Gasteiger partial charge is 0.322 e. The molecule has 0 aromatic carbocycles. The molecule has 8 heteroatoms. The van der Waals surface area contributed by atoms with Gasteiger partial charge in [0, 0.05) is 0 Å². The second-order valence-corrected chi connectivity index (χ2v) is 3.08. The predicted octanol–water partition coefficient (Wildman–Crippen LogP) is 0.637. The molecule has 0 bridgehead atoms. The van der Waals surface area contributed by atoms with Crippen molar-refractivity contribution >= 4 is 36.8 Å². The Bertz CT molecular complexity index is 196. The first-order valence-corrected chi connectivity index (χ1v) is 5.11. The molecule has 0 aromatic rings. The SMILES string of the molecule is CCC(N)C(=O)OC.CCC(N)C(=O)OC.Cl.Cl. The number of halogens is 2. The zero-order chi connectivity index (χ0) is 13.1. The van der Waals surface area contributed by atoms with E-state index in [2.05, 4.69) is 9.47 Å². The molecular weight excluding hydrogens is 283 g/mol. The zero-order valence-corrected chi connectivity index (χ0v) is 12.8. The highest BCUT2D eigenvalue weighted by atomic mass is 35.5. The maximum atomic E-state index is 10.4. The largest absolute Gasteiger partial charge is 0.468 e. The molecule has 0 radical (unpaired) electrons. The van der Waals surface area contributed by atoms with E-state index < -0.39 is 12.1 Å². The number of nitrogens with two attached hydrogens (primary N) is 2. The summed E-state index contributed by atoms with van der Waals surface area (Å²) in [5, 5.41) is 0. The Balaban J connectivity index is -0.0000000980. The molecule has 6 nitrogen and oxygen atoms in total. The van der Waals surface area contributed by atoms with Crippen molar-refractivity contribution in [2.45, 2.75) is 38.8 Å². The third kappa shape index (κ3) is 13.5. The Hall–Kier alpha value is -0.560. The highest BCUT2D eigenvalue weighted by molar-refractivity contribution is 5.85. The quantitative estimate of drug-likeness (QED) is 0.738. The molecule has 0 aliphatic heterocycles. The van der Waals surface area contributed by atoms with Crippen molar-refractivity contribution in [3.05, 3.63) is 0 Å². The standard InChI is InChI=1S/2C5H11NO2.2ClH/c2*1-3-4(6)5(7)8-2;;/h2*4H,3,6H2,1-2H3;2*1H. The van der Waals surface area contributed by atoms with E-state index in [0.717, 1.165) is 0 Å². The van der Waals surface area contributed by atoms with E-state index in [1.165, 1.54) is 14.2 Å². The fourth-order valence-corrected chi connectivity index (χ4v) is 0.636. The Kier molecular flexibility index (Phi) is 23.8. The zero-order valence-electron chi connectivity index (χ0n) is 11.2. The summed E-state index contributed by atoms with van der Waals surface area (Å²) in [6.45, 7) is 3.67. The normalized spacial score (nSPS) is 11.4. The fourth-order valence-electron chi connectivity index (χ4n) is 0.636. The second kappa shape index (κ2) is 16.4. The molecule has 0 saturated heterocycles. The van der Waals surface area contributed by atoms with Crippen molar-refractivity contribution in [3.8, 4) is 0 Å². The molecule has 0 heterocycles. The Labute approximate surface area is 121 Å². The van der Waals surface area contributed by atoms with Crippen LogP contribution in [0.3, 0.4) is 0 Å². The van der Waals surface area contributed by atoms with Gasteiger partial charge in [-0.2, -0.15) is 0 Å². The lowest BCUT2D eigenvalue weighted by molar-refractivity contribution is -0.143. The minimum Gasteiger partial charge on any atom is -0.468 e. The van der Waals surface area contributed by atoms with Crippen LogP contribution in [0.2, 0.25) is 0 Å². The number of rotatable bonds is 4. The maximum Gasteiger partial charge on any atom is 0.322 e. The van der Waals surface area contributed by atoms with E-state index in [1.54, 1.807) is 0 Å². The lowest BCUT2D eigenvalue weighted by atomic mass is 10.2. The summed E-state index contributed by atoms with van der Waals surface area (Å²) in [7, 11) is 2.66. The van der Waals surface area contributed by atoms with Gasteiger partial charge in [0.25, 0.3) is 0 Å². The minimum atomic E-state index is -0.444. The summed E-state index contributed by atoms with van der Waals surface area (Å²) in [6.07, 6.45) is 1.26. The van der Waals surface area contributed by atoms with Crippen LogP contribution in [0.1, 0.15) is 26.7 Å². The second-order valence-electron chi connectivity index (χ2n) is 3.08. The van der Waals surface area contributed by atoms with Crippen molar-refractivity contribution in [3.63, 3.8) is 0 Å². The average Bonchev–Trinajstić information content (AvgIpc) is 2.35. The van der Waals surface area contributed by atoms with Crippen molar-refractivity contribution in [1.82, 2.24) is 0 Å². The van der Waals surface area contributed by atoms with Crippen LogP contribution in [-0.2, 0) is 19.1 Å². The highest BCUT2D eigenvalue weighted by Crippen LogP contribution is 1.87. The van der Waals surface area contributed by atoms with E-state index in [-0.39, 0.29) is 36.8 Å². The summed E-state index contributed by atoms with van der Waals surface area (Å²) in [6, 6.07) is -0.889. The number of ether oxygens (including phenoxy) is 2. The number of hydrogen-bond donors (Lipinski definition) is 2. The molecule has 112 valence electrons. The highest BCUT2D eigenvalue weighted by Gasteiger charge is 2.09. The van der Waals surface area contributed by atoms with Crippen LogP contribution >= 0.6 is 24.8 Å². The van der Waals surface area contributed by atoms with Gasteiger partial charge in [-0.15, -0.1) is 24.8 Å². The molecule has 18 heavy (non-hydrogen) atoms. The van der Waals surface area contributed by atoms with Gasteiger partial charge < -0.3 is 20.9 Å². The molecule has 0 aromatic heterocycles. The molecule has 0 saturated carbocycles. The van der Waals surface area contributed by atoms with E-state index in [9.17, 15) is 9.59 Å². The van der Waals surface area contributed by atoms with Crippen molar-refractivity contribution in [1.29, 1.82) is 0 Å². The third-order valence-electron chi connectivity index (χ3n) is 1.89. The predicted molar refractivity (Wildman–Crippen MR) is 75.1 cm³/mol. The topological polar surface area (TPSA) is 105 Å². The third-order valence-corrected chi connectivity index (χ3v) is 1.89. The first-order valence-electron chi connectivity index (χ1n) is 5.11. The van der Waals surface area contributed by atoms with Crippen LogP contribution in [-0.4, -0.2) is 38.2 Å². The van der Waals surface area contributed by atoms with E-state index >= 15 is 0 Å². The van der Waals surface area contributed by atoms with Crippen molar-refractivity contribution in [2.24, 2.45) is 11.5 Å². The minimum absolute atomic E-state index is 0. The molecule has 2 atom stereocenters. The van der Waals surface area contributed by atoms with Gasteiger partial charge in [0.05, 0.1) is 14.2 Å². The molecule has 4 N–H and O–H groups in total. The number of hydrogen-bond acceptors (Lipinski definition) is 6.